The van der Waals surface area contributed by atoms with E-state index in [1.54, 1.807) is 0 Å². The first-order valence-corrected chi connectivity index (χ1v) is 8.06. The third-order valence-corrected chi connectivity index (χ3v) is 4.48. The van der Waals surface area contributed by atoms with Gasteiger partial charge in [0.15, 0.2) is 0 Å². The second-order valence-electron chi connectivity index (χ2n) is 5.09. The summed E-state index contributed by atoms with van der Waals surface area (Å²) in [5.74, 6) is 0. The minimum absolute atomic E-state index is 0.252. The lowest BCUT2D eigenvalue weighted by Crippen LogP contribution is -2.48. The zero-order chi connectivity index (χ0) is 13.8. The minimum Gasteiger partial charge on any atom is -0.382 e. The van der Waals surface area contributed by atoms with E-state index in [9.17, 15) is 0 Å². The largest absolute Gasteiger partial charge is 0.382 e. The molecule has 0 saturated carbocycles. The molecule has 0 radical (unpaired) electrons. The zero-order valence-electron chi connectivity index (χ0n) is 11.3. The summed E-state index contributed by atoms with van der Waals surface area (Å²) in [5.41, 5.74) is 1.12. The van der Waals surface area contributed by atoms with Crippen LogP contribution in [0.3, 0.4) is 0 Å². The highest BCUT2D eigenvalue weighted by atomic mass is 127. The molecule has 1 aliphatic rings. The Hall–Kier alpha value is -0.0400. The number of rotatable bonds is 4. The van der Waals surface area contributed by atoms with E-state index in [-0.39, 0.29) is 6.10 Å². The van der Waals surface area contributed by atoms with Crippen LogP contribution in [-0.4, -0.2) is 43.3 Å². The van der Waals surface area contributed by atoms with E-state index in [2.05, 4.69) is 46.7 Å². The molecule has 1 saturated heterocycles. The van der Waals surface area contributed by atoms with Crippen molar-refractivity contribution in [3.63, 3.8) is 0 Å². The first-order valence-electron chi connectivity index (χ1n) is 6.61. The van der Waals surface area contributed by atoms with Gasteiger partial charge in [-0.05, 0) is 54.6 Å². The van der Waals surface area contributed by atoms with Gasteiger partial charge < -0.3 is 10.1 Å². The van der Waals surface area contributed by atoms with Gasteiger partial charge in [-0.3, -0.25) is 4.90 Å². The fourth-order valence-electron chi connectivity index (χ4n) is 2.19. The highest BCUT2D eigenvalue weighted by Crippen LogP contribution is 2.22. The maximum Gasteiger partial charge on any atom is 0.0874 e. The number of anilines is 1. The molecule has 1 aromatic carbocycles. The highest BCUT2D eigenvalue weighted by molar-refractivity contribution is 14.1. The van der Waals surface area contributed by atoms with Gasteiger partial charge in [-0.1, -0.05) is 11.6 Å². The SMILES string of the molecule is CC(C)N1CCOC(CNc2ccc(Cl)cc2I)C1. The van der Waals surface area contributed by atoms with Crippen LogP contribution in [0, 0.1) is 3.57 Å². The van der Waals surface area contributed by atoms with Crippen LogP contribution >= 0.6 is 34.2 Å². The van der Waals surface area contributed by atoms with Crippen molar-refractivity contribution < 1.29 is 4.74 Å². The van der Waals surface area contributed by atoms with Crippen LogP contribution in [0.25, 0.3) is 0 Å². The minimum atomic E-state index is 0.252. The van der Waals surface area contributed by atoms with Crippen LogP contribution in [0.2, 0.25) is 5.02 Å². The maximum absolute atomic E-state index is 5.96. The van der Waals surface area contributed by atoms with E-state index in [4.69, 9.17) is 16.3 Å². The van der Waals surface area contributed by atoms with E-state index in [0.717, 1.165) is 40.5 Å². The summed E-state index contributed by atoms with van der Waals surface area (Å²) in [6.07, 6.45) is 0.252. The number of morpholine rings is 1. The smallest absolute Gasteiger partial charge is 0.0874 e. The number of hydrogen-bond donors (Lipinski definition) is 1. The monoisotopic (exact) mass is 394 g/mol. The van der Waals surface area contributed by atoms with E-state index in [1.807, 2.05) is 18.2 Å². The Balaban J connectivity index is 1.88. The number of nitrogens with one attached hydrogen (secondary N) is 1. The van der Waals surface area contributed by atoms with E-state index in [0.29, 0.717) is 6.04 Å². The molecule has 2 rings (SSSR count). The van der Waals surface area contributed by atoms with Crippen LogP contribution in [0.5, 0.6) is 0 Å². The van der Waals surface area contributed by atoms with Crippen molar-refractivity contribution in [3.05, 3.63) is 26.8 Å². The molecule has 0 bridgehead atoms. The van der Waals surface area contributed by atoms with Gasteiger partial charge in [0.1, 0.15) is 0 Å². The Bertz CT molecular complexity index is 428. The third kappa shape index (κ3) is 4.48. The van der Waals surface area contributed by atoms with Gasteiger partial charge in [-0.2, -0.15) is 0 Å². The Labute approximate surface area is 133 Å². The molecule has 0 aromatic heterocycles. The molecule has 0 amide bonds. The van der Waals surface area contributed by atoms with Crippen molar-refractivity contribution in [2.75, 3.05) is 31.6 Å². The van der Waals surface area contributed by atoms with Gasteiger partial charge in [-0.15, -0.1) is 0 Å². The molecule has 3 nitrogen and oxygen atoms in total. The molecule has 1 aliphatic heterocycles. The molecule has 1 atom stereocenters. The van der Waals surface area contributed by atoms with Crippen molar-refractivity contribution in [2.24, 2.45) is 0 Å². The van der Waals surface area contributed by atoms with Crippen molar-refractivity contribution in [2.45, 2.75) is 26.0 Å². The van der Waals surface area contributed by atoms with Crippen molar-refractivity contribution in [1.29, 1.82) is 0 Å². The lowest BCUT2D eigenvalue weighted by atomic mass is 10.2. The molecule has 1 N–H and O–H groups in total. The van der Waals surface area contributed by atoms with E-state index >= 15 is 0 Å². The Kier molecular flexibility index (Phi) is 5.74. The second-order valence-corrected chi connectivity index (χ2v) is 6.69. The molecule has 1 fully saturated rings. The van der Waals surface area contributed by atoms with Gasteiger partial charge in [0.25, 0.3) is 0 Å². The van der Waals surface area contributed by atoms with E-state index in [1.165, 1.54) is 0 Å². The first kappa shape index (κ1) is 15.4. The van der Waals surface area contributed by atoms with Crippen LogP contribution in [0.4, 0.5) is 5.69 Å². The van der Waals surface area contributed by atoms with Crippen molar-refractivity contribution in [3.8, 4) is 0 Å². The average molecular weight is 395 g/mol. The van der Waals surface area contributed by atoms with Gasteiger partial charge in [-0.25, -0.2) is 0 Å². The van der Waals surface area contributed by atoms with Crippen molar-refractivity contribution >= 4 is 39.9 Å². The summed E-state index contributed by atoms with van der Waals surface area (Å²) in [6, 6.07) is 6.48. The van der Waals surface area contributed by atoms with Gasteiger partial charge in [0, 0.05) is 40.0 Å². The zero-order valence-corrected chi connectivity index (χ0v) is 14.2. The topological polar surface area (TPSA) is 24.5 Å². The summed E-state index contributed by atoms with van der Waals surface area (Å²) in [7, 11) is 0. The standard InChI is InChI=1S/C14H20ClIN2O/c1-10(2)18-5-6-19-12(9-18)8-17-14-4-3-11(15)7-13(14)16/h3-4,7,10,12,17H,5-6,8-9H2,1-2H3. The molecule has 0 aliphatic carbocycles. The number of benzene rings is 1. The van der Waals surface area contributed by atoms with Gasteiger partial charge in [0.2, 0.25) is 0 Å². The summed E-state index contributed by atoms with van der Waals surface area (Å²) in [4.78, 5) is 2.46. The number of halogens is 2. The molecule has 1 heterocycles. The second kappa shape index (κ2) is 7.11. The normalized spacial score (nSPS) is 20.8. The van der Waals surface area contributed by atoms with Crippen LogP contribution in [-0.2, 0) is 4.74 Å². The Morgan fingerprint density at radius 2 is 2.32 bits per heavy atom. The van der Waals surface area contributed by atoms with Gasteiger partial charge in [0.05, 0.1) is 12.7 Å². The fraction of sp³-hybridized carbons (Fsp3) is 0.571. The first-order chi connectivity index (χ1) is 9.06. The number of ether oxygens (including phenoxy) is 1. The molecule has 1 aromatic rings. The maximum atomic E-state index is 5.96. The molecular formula is C14H20ClIN2O. The van der Waals surface area contributed by atoms with E-state index < -0.39 is 0 Å². The fourth-order valence-corrected chi connectivity index (χ4v) is 3.25. The molecular weight excluding hydrogens is 375 g/mol. The molecule has 0 spiro atoms. The molecule has 5 heteroatoms. The van der Waals surface area contributed by atoms with Crippen LogP contribution in [0.15, 0.2) is 18.2 Å². The lowest BCUT2D eigenvalue weighted by molar-refractivity contribution is -0.0315. The molecule has 19 heavy (non-hydrogen) atoms. The number of hydrogen-bond acceptors (Lipinski definition) is 3. The Morgan fingerprint density at radius 3 is 3.00 bits per heavy atom. The average Bonchev–Trinajstić information content (AvgIpc) is 2.38. The van der Waals surface area contributed by atoms with Crippen LogP contribution < -0.4 is 5.32 Å². The quantitative estimate of drug-likeness (QED) is 0.792. The lowest BCUT2D eigenvalue weighted by Gasteiger charge is -2.35. The summed E-state index contributed by atoms with van der Waals surface area (Å²) in [5, 5.41) is 4.22. The van der Waals surface area contributed by atoms with Crippen molar-refractivity contribution in [1.82, 2.24) is 4.90 Å². The highest BCUT2D eigenvalue weighted by Gasteiger charge is 2.22. The Morgan fingerprint density at radius 1 is 1.53 bits per heavy atom. The van der Waals surface area contributed by atoms with Gasteiger partial charge >= 0.3 is 0 Å². The number of nitrogens with zero attached hydrogens (tertiary/aromatic N) is 1. The third-order valence-electron chi connectivity index (χ3n) is 3.35. The predicted molar refractivity (Wildman–Crippen MR) is 89.1 cm³/mol. The molecule has 1 unspecified atom stereocenters. The van der Waals surface area contributed by atoms with Crippen LogP contribution in [0.1, 0.15) is 13.8 Å². The molecule has 106 valence electrons. The summed E-state index contributed by atoms with van der Waals surface area (Å²) in [6.45, 7) is 8.15. The summed E-state index contributed by atoms with van der Waals surface area (Å²) >= 11 is 8.25. The summed E-state index contributed by atoms with van der Waals surface area (Å²) < 4.78 is 6.95. The predicted octanol–water partition coefficient (Wildman–Crippen LogP) is 3.47.